The lowest BCUT2D eigenvalue weighted by molar-refractivity contribution is -0.138. The molecule has 142 valence electrons. The second kappa shape index (κ2) is 7.70. The highest BCUT2D eigenvalue weighted by molar-refractivity contribution is 6.09. The topological polar surface area (TPSA) is 76.7 Å². The molecule has 6 nitrogen and oxygen atoms in total. The highest BCUT2D eigenvalue weighted by atomic mass is 16.6. The molecule has 0 saturated carbocycles. The molecule has 0 atom stereocenters. The van der Waals surface area contributed by atoms with Gasteiger partial charge in [0, 0.05) is 18.3 Å². The van der Waals surface area contributed by atoms with Crippen LogP contribution in [-0.2, 0) is 16.1 Å². The van der Waals surface area contributed by atoms with Crippen LogP contribution in [0, 0.1) is 12.3 Å². The van der Waals surface area contributed by atoms with E-state index in [1.165, 1.54) is 0 Å². The van der Waals surface area contributed by atoms with Gasteiger partial charge in [-0.25, -0.2) is 0 Å². The van der Waals surface area contributed by atoms with E-state index in [0.717, 1.165) is 11.1 Å². The van der Waals surface area contributed by atoms with Crippen LogP contribution in [0.4, 0.5) is 5.69 Å². The number of hydrogen-bond donors (Lipinski definition) is 2. The first-order valence-electron chi connectivity index (χ1n) is 8.92. The normalized spacial score (nSPS) is 13.0. The second-order valence-corrected chi connectivity index (χ2v) is 7.05. The van der Waals surface area contributed by atoms with E-state index in [9.17, 15) is 9.59 Å². The Hall–Kier alpha value is -3.02. The van der Waals surface area contributed by atoms with Crippen molar-refractivity contribution in [1.82, 2.24) is 5.32 Å². The van der Waals surface area contributed by atoms with Crippen LogP contribution in [-0.4, -0.2) is 25.0 Å². The van der Waals surface area contributed by atoms with Crippen molar-refractivity contribution in [3.8, 4) is 11.5 Å². The number of benzene rings is 2. The number of carbonyl (C=O) groups excluding carboxylic acids is 2. The van der Waals surface area contributed by atoms with Crippen molar-refractivity contribution in [2.24, 2.45) is 5.41 Å². The molecule has 6 heteroatoms. The fourth-order valence-electron chi connectivity index (χ4n) is 2.72. The summed E-state index contributed by atoms with van der Waals surface area (Å²) in [5.74, 6) is 0.512. The summed E-state index contributed by atoms with van der Waals surface area (Å²) in [5.41, 5.74) is 1.45. The molecule has 1 heterocycles. The lowest BCUT2D eigenvalue weighted by Crippen LogP contribution is -2.44. The van der Waals surface area contributed by atoms with Crippen molar-refractivity contribution < 1.29 is 19.1 Å². The minimum Gasteiger partial charge on any atom is -0.486 e. The van der Waals surface area contributed by atoms with Crippen molar-refractivity contribution in [2.45, 2.75) is 27.3 Å². The third-order valence-corrected chi connectivity index (χ3v) is 4.64. The summed E-state index contributed by atoms with van der Waals surface area (Å²) in [4.78, 5) is 25.3. The molecule has 0 aromatic heterocycles. The SMILES string of the molecule is Cc1ccccc1CNC(=O)C(C)(C)C(=O)Nc1ccc2c(c1)OCCO2. The molecular weight excluding hydrogens is 344 g/mol. The predicted molar refractivity (Wildman–Crippen MR) is 103 cm³/mol. The first kappa shape index (κ1) is 18.8. The third kappa shape index (κ3) is 4.22. The number of fused-ring (bicyclic) bond motifs is 1. The molecule has 1 aliphatic heterocycles. The molecule has 2 N–H and O–H groups in total. The standard InChI is InChI=1S/C21H24N2O4/c1-14-6-4-5-7-15(14)13-22-19(24)21(2,3)20(25)23-16-8-9-17-18(12-16)27-11-10-26-17/h4-9,12H,10-11,13H2,1-3H3,(H,22,24)(H,23,25). The Morgan fingerprint density at radius 1 is 1.00 bits per heavy atom. The fraction of sp³-hybridized carbons (Fsp3) is 0.333. The van der Waals surface area contributed by atoms with Gasteiger partial charge in [0.2, 0.25) is 11.8 Å². The van der Waals surface area contributed by atoms with E-state index in [-0.39, 0.29) is 11.8 Å². The van der Waals surface area contributed by atoms with Gasteiger partial charge in [-0.15, -0.1) is 0 Å². The van der Waals surface area contributed by atoms with E-state index in [2.05, 4.69) is 10.6 Å². The molecule has 2 aromatic rings. The van der Waals surface area contributed by atoms with Crippen LogP contribution in [0.2, 0.25) is 0 Å². The van der Waals surface area contributed by atoms with E-state index in [1.54, 1.807) is 32.0 Å². The second-order valence-electron chi connectivity index (χ2n) is 7.05. The van der Waals surface area contributed by atoms with Crippen LogP contribution >= 0.6 is 0 Å². The average molecular weight is 368 g/mol. The molecule has 0 aliphatic carbocycles. The van der Waals surface area contributed by atoms with Crippen molar-refractivity contribution in [1.29, 1.82) is 0 Å². The molecule has 27 heavy (non-hydrogen) atoms. The Morgan fingerprint density at radius 2 is 1.70 bits per heavy atom. The lowest BCUT2D eigenvalue weighted by atomic mass is 9.90. The predicted octanol–water partition coefficient (Wildman–Crippen LogP) is 3.05. The number of carbonyl (C=O) groups is 2. The first-order chi connectivity index (χ1) is 12.9. The summed E-state index contributed by atoms with van der Waals surface area (Å²) in [6.45, 7) is 6.55. The summed E-state index contributed by atoms with van der Waals surface area (Å²) in [6.07, 6.45) is 0. The molecule has 0 fully saturated rings. The van der Waals surface area contributed by atoms with Gasteiger partial charge in [0.1, 0.15) is 18.6 Å². The van der Waals surface area contributed by atoms with Gasteiger partial charge < -0.3 is 20.1 Å². The number of nitrogens with one attached hydrogen (secondary N) is 2. The Kier molecular flexibility index (Phi) is 5.35. The van der Waals surface area contributed by atoms with Gasteiger partial charge in [-0.05, 0) is 44.0 Å². The van der Waals surface area contributed by atoms with Gasteiger partial charge in [0.15, 0.2) is 11.5 Å². The maximum atomic E-state index is 12.7. The summed E-state index contributed by atoms with van der Waals surface area (Å²) in [5, 5.41) is 5.64. The number of rotatable bonds is 5. The number of amides is 2. The van der Waals surface area contributed by atoms with E-state index in [0.29, 0.717) is 36.9 Å². The van der Waals surface area contributed by atoms with Crippen molar-refractivity contribution in [2.75, 3.05) is 18.5 Å². The molecule has 0 spiro atoms. The number of aryl methyl sites for hydroxylation is 1. The first-order valence-corrected chi connectivity index (χ1v) is 8.92. The average Bonchev–Trinajstić information content (AvgIpc) is 2.67. The van der Waals surface area contributed by atoms with E-state index < -0.39 is 5.41 Å². The van der Waals surface area contributed by atoms with Crippen LogP contribution in [0.25, 0.3) is 0 Å². The van der Waals surface area contributed by atoms with Crippen LogP contribution in [0.3, 0.4) is 0 Å². The number of hydrogen-bond acceptors (Lipinski definition) is 4. The van der Waals surface area contributed by atoms with Gasteiger partial charge in [-0.1, -0.05) is 24.3 Å². The van der Waals surface area contributed by atoms with Gasteiger partial charge >= 0.3 is 0 Å². The Balaban J connectivity index is 1.64. The molecular formula is C21H24N2O4. The van der Waals surface area contributed by atoms with Crippen molar-refractivity contribution in [3.05, 3.63) is 53.6 Å². The maximum Gasteiger partial charge on any atom is 0.239 e. The van der Waals surface area contributed by atoms with Gasteiger partial charge in [-0.2, -0.15) is 0 Å². The molecule has 3 rings (SSSR count). The fourth-order valence-corrected chi connectivity index (χ4v) is 2.72. The van der Waals surface area contributed by atoms with Crippen molar-refractivity contribution >= 4 is 17.5 Å². The van der Waals surface area contributed by atoms with Crippen LogP contribution in [0.5, 0.6) is 11.5 Å². The number of anilines is 1. The van der Waals surface area contributed by atoms with Crippen LogP contribution < -0.4 is 20.1 Å². The summed E-state index contributed by atoms with van der Waals surface area (Å²) in [6, 6.07) is 13.0. The highest BCUT2D eigenvalue weighted by Crippen LogP contribution is 2.33. The summed E-state index contributed by atoms with van der Waals surface area (Å²) < 4.78 is 11.0. The van der Waals surface area contributed by atoms with E-state index >= 15 is 0 Å². The highest BCUT2D eigenvalue weighted by Gasteiger charge is 2.36. The maximum absolute atomic E-state index is 12.7. The Morgan fingerprint density at radius 3 is 2.44 bits per heavy atom. The summed E-state index contributed by atoms with van der Waals surface area (Å²) in [7, 11) is 0. The zero-order valence-electron chi connectivity index (χ0n) is 15.8. The van der Waals surface area contributed by atoms with Gasteiger partial charge in [0.05, 0.1) is 0 Å². The van der Waals surface area contributed by atoms with Gasteiger partial charge in [0.25, 0.3) is 0 Å². The van der Waals surface area contributed by atoms with Crippen molar-refractivity contribution in [3.63, 3.8) is 0 Å². The van der Waals surface area contributed by atoms with E-state index in [4.69, 9.17) is 9.47 Å². The zero-order valence-corrected chi connectivity index (χ0v) is 15.8. The molecule has 2 amide bonds. The van der Waals surface area contributed by atoms with E-state index in [1.807, 2.05) is 31.2 Å². The smallest absolute Gasteiger partial charge is 0.239 e. The molecule has 0 saturated heterocycles. The Bertz CT molecular complexity index is 861. The molecule has 1 aliphatic rings. The molecule has 2 aromatic carbocycles. The lowest BCUT2D eigenvalue weighted by Gasteiger charge is -2.24. The minimum atomic E-state index is -1.23. The monoisotopic (exact) mass is 368 g/mol. The van der Waals surface area contributed by atoms with Gasteiger partial charge in [-0.3, -0.25) is 9.59 Å². The largest absolute Gasteiger partial charge is 0.486 e. The summed E-state index contributed by atoms with van der Waals surface area (Å²) >= 11 is 0. The minimum absolute atomic E-state index is 0.333. The van der Waals surface area contributed by atoms with Crippen LogP contribution in [0.15, 0.2) is 42.5 Å². The third-order valence-electron chi connectivity index (χ3n) is 4.64. The Labute approximate surface area is 158 Å². The molecule has 0 bridgehead atoms. The molecule has 0 radical (unpaired) electrons. The zero-order chi connectivity index (χ0) is 19.4. The van der Waals surface area contributed by atoms with Crippen LogP contribution in [0.1, 0.15) is 25.0 Å². The molecule has 0 unspecified atom stereocenters. The quantitative estimate of drug-likeness (QED) is 0.796. The number of ether oxygens (including phenoxy) is 2.